The van der Waals surface area contributed by atoms with E-state index >= 15 is 0 Å². The molecule has 1 N–H and O–H groups in total. The molecule has 104 valence electrons. The highest BCUT2D eigenvalue weighted by Gasteiger charge is 2.14. The number of methoxy groups -OCH3 is 1. The maximum absolute atomic E-state index is 5.31. The van der Waals surface area contributed by atoms with Gasteiger partial charge in [-0.1, -0.05) is 39.8 Å². The van der Waals surface area contributed by atoms with Crippen LogP contribution in [-0.2, 0) is 4.74 Å². The lowest BCUT2D eigenvalue weighted by molar-refractivity contribution is -0.0401. The van der Waals surface area contributed by atoms with Crippen molar-refractivity contribution >= 4 is 0 Å². The normalized spacial score (nSPS) is 10.1. The molecule has 0 radical (unpaired) electrons. The fourth-order valence-electron chi connectivity index (χ4n) is 1.18. The third-order valence-corrected chi connectivity index (χ3v) is 1.75. The minimum absolute atomic E-state index is 0.0949. The quantitative estimate of drug-likeness (QED) is 0.435. The maximum atomic E-state index is 5.31. The summed E-state index contributed by atoms with van der Waals surface area (Å²) in [5, 5.41) is 1.93. The summed E-state index contributed by atoms with van der Waals surface area (Å²) < 4.78 is 5.31. The maximum Gasteiger partial charge on any atom is 0.143 e. The van der Waals surface area contributed by atoms with Gasteiger partial charge in [0.05, 0.1) is 0 Å². The van der Waals surface area contributed by atoms with Crippen molar-refractivity contribution in [3.8, 4) is 0 Å². The summed E-state index contributed by atoms with van der Waals surface area (Å²) in [6.45, 7) is 17.2. The molecule has 0 aromatic carbocycles. The van der Waals surface area contributed by atoms with Gasteiger partial charge in [0.25, 0.3) is 0 Å². The molecule has 1 atom stereocenters. The van der Waals surface area contributed by atoms with Gasteiger partial charge in [0.15, 0.2) is 0 Å². The number of allylic oxidation sites excluding steroid dienone is 2. The van der Waals surface area contributed by atoms with Gasteiger partial charge in [0, 0.05) is 19.9 Å². The Morgan fingerprint density at radius 3 is 2.06 bits per heavy atom. The molecule has 0 aromatic rings. The number of hydrogen-bond donors (Lipinski definition) is 1. The minimum Gasteiger partial charge on any atom is -0.360 e. The van der Waals surface area contributed by atoms with E-state index in [4.69, 9.17) is 4.74 Å². The number of nitrogens with zero attached hydrogens (tertiary/aromatic N) is 1. The zero-order valence-corrected chi connectivity index (χ0v) is 12.8. The van der Waals surface area contributed by atoms with Crippen molar-refractivity contribution < 1.29 is 4.74 Å². The van der Waals surface area contributed by atoms with Crippen LogP contribution in [0.2, 0.25) is 0 Å². The molecular formula is C14H32N2O. The van der Waals surface area contributed by atoms with Gasteiger partial charge < -0.3 is 4.74 Å². The van der Waals surface area contributed by atoms with Crippen molar-refractivity contribution in [1.29, 1.82) is 0 Å². The standard InChI is InChI=1S/C9H20N2O.C3H6.C2H6/c1-6-7-9(12-5)11(10-4)8(2)3;1-3-2;1-2/h9-10H,2,6-7H2,1,3-5H3;3H,1H2,2H3;1-2H3. The Balaban J connectivity index is -0.000000337. The molecule has 0 fully saturated rings. The van der Waals surface area contributed by atoms with E-state index in [9.17, 15) is 0 Å². The smallest absolute Gasteiger partial charge is 0.143 e. The topological polar surface area (TPSA) is 24.5 Å². The number of rotatable bonds is 6. The third-order valence-electron chi connectivity index (χ3n) is 1.75. The van der Waals surface area contributed by atoms with Crippen LogP contribution >= 0.6 is 0 Å². The van der Waals surface area contributed by atoms with E-state index in [0.29, 0.717) is 0 Å². The van der Waals surface area contributed by atoms with Gasteiger partial charge in [0.2, 0.25) is 0 Å². The van der Waals surface area contributed by atoms with Gasteiger partial charge in [-0.25, -0.2) is 5.43 Å². The van der Waals surface area contributed by atoms with Crippen LogP contribution < -0.4 is 5.43 Å². The molecular weight excluding hydrogens is 212 g/mol. The second kappa shape index (κ2) is 17.6. The van der Waals surface area contributed by atoms with Crippen molar-refractivity contribution in [3.63, 3.8) is 0 Å². The Kier molecular flexibility index (Phi) is 22.2. The van der Waals surface area contributed by atoms with Gasteiger partial charge in [0.1, 0.15) is 6.23 Å². The molecule has 0 spiro atoms. The van der Waals surface area contributed by atoms with Crippen molar-refractivity contribution in [2.24, 2.45) is 0 Å². The fraction of sp³-hybridized carbons (Fsp3) is 0.714. The molecule has 0 saturated carbocycles. The van der Waals surface area contributed by atoms with E-state index in [0.717, 1.165) is 18.5 Å². The van der Waals surface area contributed by atoms with Crippen molar-refractivity contribution in [1.82, 2.24) is 10.4 Å². The lowest BCUT2D eigenvalue weighted by atomic mass is 10.3. The Bertz CT molecular complexity index is 170. The second-order valence-electron chi connectivity index (χ2n) is 3.22. The molecule has 0 amide bonds. The highest BCUT2D eigenvalue weighted by atomic mass is 16.5. The molecule has 0 bridgehead atoms. The van der Waals surface area contributed by atoms with Gasteiger partial charge in [-0.2, -0.15) is 0 Å². The molecule has 0 aliphatic heterocycles. The first-order chi connectivity index (χ1) is 8.08. The highest BCUT2D eigenvalue weighted by molar-refractivity contribution is 4.87. The monoisotopic (exact) mass is 244 g/mol. The molecule has 0 heterocycles. The van der Waals surface area contributed by atoms with E-state index in [1.165, 1.54) is 0 Å². The molecule has 0 aliphatic carbocycles. The lowest BCUT2D eigenvalue weighted by Crippen LogP contribution is -2.42. The first-order valence-corrected chi connectivity index (χ1v) is 6.30. The van der Waals surface area contributed by atoms with Crippen molar-refractivity contribution in [2.75, 3.05) is 14.2 Å². The van der Waals surface area contributed by atoms with Crippen LogP contribution in [-0.4, -0.2) is 25.4 Å². The number of hydrogen-bond acceptors (Lipinski definition) is 3. The average molecular weight is 244 g/mol. The van der Waals surface area contributed by atoms with Crippen molar-refractivity contribution in [2.45, 2.75) is 53.7 Å². The summed E-state index contributed by atoms with van der Waals surface area (Å²) in [6, 6.07) is 0. The number of nitrogens with one attached hydrogen (secondary N) is 1. The summed E-state index contributed by atoms with van der Waals surface area (Å²) in [7, 11) is 3.59. The van der Waals surface area contributed by atoms with Crippen LogP contribution in [0.15, 0.2) is 24.9 Å². The van der Waals surface area contributed by atoms with Gasteiger partial charge >= 0.3 is 0 Å². The SMILES string of the molecule is C=C(C)N(NC)C(CCC)OC.C=CC.CC. The van der Waals surface area contributed by atoms with Crippen LogP contribution in [0.3, 0.4) is 0 Å². The van der Waals surface area contributed by atoms with E-state index in [1.807, 2.05) is 39.8 Å². The molecule has 0 aliphatic rings. The third kappa shape index (κ3) is 13.1. The van der Waals surface area contributed by atoms with Crippen molar-refractivity contribution in [3.05, 3.63) is 24.9 Å². The highest BCUT2D eigenvalue weighted by Crippen LogP contribution is 2.09. The van der Waals surface area contributed by atoms with Crippen LogP contribution in [0.25, 0.3) is 0 Å². The zero-order chi connectivity index (χ0) is 14.3. The summed E-state index contributed by atoms with van der Waals surface area (Å²) in [5.41, 5.74) is 4.02. The minimum atomic E-state index is 0.0949. The van der Waals surface area contributed by atoms with Crippen LogP contribution in [0.5, 0.6) is 0 Å². The Hall–Kier alpha value is -0.800. The summed E-state index contributed by atoms with van der Waals surface area (Å²) in [4.78, 5) is 0. The largest absolute Gasteiger partial charge is 0.360 e. The predicted octanol–water partition coefficient (Wildman–Crippen LogP) is 3.95. The second-order valence-corrected chi connectivity index (χ2v) is 3.22. The first-order valence-electron chi connectivity index (χ1n) is 6.30. The average Bonchev–Trinajstić information content (AvgIpc) is 2.32. The zero-order valence-electron chi connectivity index (χ0n) is 12.8. The Labute approximate surface area is 109 Å². The molecule has 3 heteroatoms. The van der Waals surface area contributed by atoms with Crippen LogP contribution in [0.1, 0.15) is 47.5 Å². The fourth-order valence-corrected chi connectivity index (χ4v) is 1.18. The molecule has 0 rings (SSSR count). The van der Waals surface area contributed by atoms with E-state index < -0.39 is 0 Å². The van der Waals surface area contributed by atoms with E-state index in [1.54, 1.807) is 13.2 Å². The number of hydrazine groups is 1. The summed E-state index contributed by atoms with van der Waals surface area (Å²) in [6.07, 6.45) is 3.95. The van der Waals surface area contributed by atoms with E-state index in [-0.39, 0.29) is 6.23 Å². The molecule has 3 nitrogen and oxygen atoms in total. The Morgan fingerprint density at radius 1 is 1.47 bits per heavy atom. The predicted molar refractivity (Wildman–Crippen MR) is 78.6 cm³/mol. The molecule has 17 heavy (non-hydrogen) atoms. The molecule has 0 saturated heterocycles. The number of ether oxygens (including phenoxy) is 1. The lowest BCUT2D eigenvalue weighted by Gasteiger charge is -2.31. The summed E-state index contributed by atoms with van der Waals surface area (Å²) in [5.74, 6) is 0. The van der Waals surface area contributed by atoms with Crippen LogP contribution in [0.4, 0.5) is 0 Å². The summed E-state index contributed by atoms with van der Waals surface area (Å²) >= 11 is 0. The van der Waals surface area contributed by atoms with Gasteiger partial charge in [-0.05, 0) is 20.3 Å². The van der Waals surface area contributed by atoms with Gasteiger partial charge in [-0.3, -0.25) is 5.01 Å². The van der Waals surface area contributed by atoms with E-state index in [2.05, 4.69) is 25.5 Å². The van der Waals surface area contributed by atoms with Crippen LogP contribution in [0, 0.1) is 0 Å². The molecule has 1 unspecified atom stereocenters. The Morgan fingerprint density at radius 2 is 1.88 bits per heavy atom. The molecule has 0 aromatic heterocycles. The first kappa shape index (κ1) is 21.5. The van der Waals surface area contributed by atoms with Gasteiger partial charge in [-0.15, -0.1) is 6.58 Å².